The third kappa shape index (κ3) is 4.15. The molecule has 0 aromatic heterocycles. The second-order valence-corrected chi connectivity index (χ2v) is 5.84. The number of nitrogens with one attached hydrogen (secondary N) is 1. The number of carbonyl (C=O) groups excluding carboxylic acids is 1. The van der Waals surface area contributed by atoms with E-state index in [1.165, 1.54) is 12.1 Å². The highest BCUT2D eigenvalue weighted by molar-refractivity contribution is 5.83. The minimum Gasteiger partial charge on any atom is -0.478 e. The molecule has 4 heteroatoms. The van der Waals surface area contributed by atoms with Crippen LogP contribution in [-0.4, -0.2) is 12.0 Å². The van der Waals surface area contributed by atoms with Crippen molar-refractivity contribution in [3.05, 3.63) is 78.1 Å². The molecule has 3 rings (SSSR count). The van der Waals surface area contributed by atoms with Gasteiger partial charge in [-0.2, -0.15) is 0 Å². The largest absolute Gasteiger partial charge is 0.478 e. The maximum absolute atomic E-state index is 13.7. The Kier molecular flexibility index (Phi) is 5.29. The van der Waals surface area contributed by atoms with Gasteiger partial charge in [0, 0.05) is 6.54 Å². The lowest BCUT2D eigenvalue weighted by Gasteiger charge is -2.17. The average molecular weight is 337 g/mol. The highest BCUT2D eigenvalue weighted by Gasteiger charge is 2.19. The topological polar surface area (TPSA) is 38.3 Å². The summed E-state index contributed by atoms with van der Waals surface area (Å²) in [5, 5.41) is 5.16. The van der Waals surface area contributed by atoms with Gasteiger partial charge in [-0.25, -0.2) is 4.39 Å². The first-order chi connectivity index (χ1) is 12.2. The third-order valence-electron chi connectivity index (χ3n) is 4.05. The van der Waals surface area contributed by atoms with E-state index in [1.807, 2.05) is 49.4 Å². The molecule has 1 atom stereocenters. The number of amides is 1. The van der Waals surface area contributed by atoms with Gasteiger partial charge >= 0.3 is 0 Å². The van der Waals surface area contributed by atoms with Crippen molar-refractivity contribution < 1.29 is 13.9 Å². The fourth-order valence-corrected chi connectivity index (χ4v) is 2.67. The summed E-state index contributed by atoms with van der Waals surface area (Å²) in [5.41, 5.74) is 1.01. The van der Waals surface area contributed by atoms with E-state index in [4.69, 9.17) is 4.74 Å². The second kappa shape index (κ2) is 7.79. The number of fused-ring (bicyclic) bond motifs is 1. The molecule has 3 aromatic rings. The van der Waals surface area contributed by atoms with Crippen molar-refractivity contribution in [2.24, 2.45) is 0 Å². The maximum Gasteiger partial charge on any atom is 0.261 e. The van der Waals surface area contributed by atoms with E-state index < -0.39 is 11.9 Å². The number of benzene rings is 3. The first-order valence-corrected chi connectivity index (χ1v) is 8.34. The molecular formula is C21H20FNO2. The molecule has 0 aliphatic carbocycles. The first kappa shape index (κ1) is 17.0. The molecule has 0 aliphatic heterocycles. The molecular weight excluding hydrogens is 317 g/mol. The van der Waals surface area contributed by atoms with Crippen molar-refractivity contribution in [3.8, 4) is 5.75 Å². The van der Waals surface area contributed by atoms with Gasteiger partial charge in [-0.1, -0.05) is 55.5 Å². The second-order valence-electron chi connectivity index (χ2n) is 5.84. The van der Waals surface area contributed by atoms with Crippen LogP contribution in [0.15, 0.2) is 66.7 Å². The van der Waals surface area contributed by atoms with Gasteiger partial charge in [0.05, 0.1) is 0 Å². The summed E-state index contributed by atoms with van der Waals surface area (Å²) in [5.74, 6) is -0.627. The van der Waals surface area contributed by atoms with E-state index in [9.17, 15) is 9.18 Å². The van der Waals surface area contributed by atoms with E-state index in [0.29, 0.717) is 13.0 Å². The normalized spacial score (nSPS) is 11.9. The lowest BCUT2D eigenvalue weighted by atomic mass is 10.1. The molecule has 0 radical (unpaired) electrons. The summed E-state index contributed by atoms with van der Waals surface area (Å²) in [7, 11) is 0. The third-order valence-corrected chi connectivity index (χ3v) is 4.05. The van der Waals surface area contributed by atoms with Crippen molar-refractivity contribution >= 4 is 16.7 Å². The molecule has 3 nitrogen and oxygen atoms in total. The summed E-state index contributed by atoms with van der Waals surface area (Å²) >= 11 is 0. The molecule has 0 saturated heterocycles. The van der Waals surface area contributed by atoms with Crippen molar-refractivity contribution in [3.63, 3.8) is 0 Å². The number of hydrogen-bond acceptors (Lipinski definition) is 2. The molecule has 0 heterocycles. The number of hydrogen-bond donors (Lipinski definition) is 1. The van der Waals surface area contributed by atoms with Gasteiger partial charge < -0.3 is 10.1 Å². The molecule has 1 amide bonds. The average Bonchev–Trinajstić information content (AvgIpc) is 2.65. The van der Waals surface area contributed by atoms with Crippen molar-refractivity contribution in [1.29, 1.82) is 0 Å². The number of halogens is 1. The van der Waals surface area contributed by atoms with Gasteiger partial charge in [0.15, 0.2) is 17.7 Å². The highest BCUT2D eigenvalue weighted by Crippen LogP contribution is 2.19. The number of rotatable bonds is 6. The summed E-state index contributed by atoms with van der Waals surface area (Å²) < 4.78 is 19.2. The van der Waals surface area contributed by atoms with Gasteiger partial charge in [0.25, 0.3) is 5.91 Å². The number of ether oxygens (including phenoxy) is 1. The van der Waals surface area contributed by atoms with Crippen LogP contribution in [0.5, 0.6) is 5.75 Å². The van der Waals surface area contributed by atoms with Gasteiger partial charge in [-0.15, -0.1) is 0 Å². The molecule has 25 heavy (non-hydrogen) atoms. The van der Waals surface area contributed by atoms with E-state index in [-0.39, 0.29) is 11.7 Å². The van der Waals surface area contributed by atoms with E-state index >= 15 is 0 Å². The summed E-state index contributed by atoms with van der Waals surface area (Å²) in [6, 6.07) is 20.2. The minimum absolute atomic E-state index is 0.0928. The van der Waals surface area contributed by atoms with Crippen LogP contribution in [0.1, 0.15) is 18.9 Å². The molecule has 1 N–H and O–H groups in total. The Bertz CT molecular complexity index is 878. The Balaban J connectivity index is 1.64. The lowest BCUT2D eigenvalue weighted by Crippen LogP contribution is -2.37. The van der Waals surface area contributed by atoms with Crippen molar-refractivity contribution in [1.82, 2.24) is 5.32 Å². The Morgan fingerprint density at radius 1 is 1.04 bits per heavy atom. The minimum atomic E-state index is -0.725. The summed E-state index contributed by atoms with van der Waals surface area (Å²) in [6.45, 7) is 2.24. The molecule has 128 valence electrons. The highest BCUT2D eigenvalue weighted by atomic mass is 19.1. The van der Waals surface area contributed by atoms with E-state index in [1.54, 1.807) is 12.1 Å². The Morgan fingerprint density at radius 2 is 1.76 bits per heavy atom. The standard InChI is InChI=1S/C21H20FNO2/c1-2-19(25-20-10-6-5-9-18(20)22)21(24)23-14-15-11-12-16-7-3-4-8-17(16)13-15/h3-13,19H,2,14H2,1H3,(H,23,24)/t19-/m1/s1. The van der Waals surface area contributed by atoms with Crippen molar-refractivity contribution in [2.45, 2.75) is 26.0 Å². The quantitative estimate of drug-likeness (QED) is 0.721. The Labute approximate surface area is 146 Å². The van der Waals surface area contributed by atoms with Gasteiger partial charge in [0.1, 0.15) is 0 Å². The van der Waals surface area contributed by atoms with Crippen LogP contribution < -0.4 is 10.1 Å². The van der Waals surface area contributed by atoms with Crippen LogP contribution in [0, 0.1) is 5.82 Å². The Morgan fingerprint density at radius 3 is 2.52 bits per heavy atom. The van der Waals surface area contributed by atoms with Gasteiger partial charge in [-0.3, -0.25) is 4.79 Å². The predicted molar refractivity (Wildman–Crippen MR) is 96.9 cm³/mol. The van der Waals surface area contributed by atoms with Gasteiger partial charge in [-0.05, 0) is 41.0 Å². The fourth-order valence-electron chi connectivity index (χ4n) is 2.67. The molecule has 0 spiro atoms. The predicted octanol–water partition coefficient (Wildman–Crippen LogP) is 4.45. The summed E-state index contributed by atoms with van der Waals surface area (Å²) in [6.07, 6.45) is -0.268. The Hall–Kier alpha value is -2.88. The fraction of sp³-hybridized carbons (Fsp3) is 0.190. The van der Waals surface area contributed by atoms with Gasteiger partial charge in [0.2, 0.25) is 0 Å². The molecule has 0 fully saturated rings. The SMILES string of the molecule is CC[C@@H](Oc1ccccc1F)C(=O)NCc1ccc2ccccc2c1. The molecule has 0 bridgehead atoms. The first-order valence-electron chi connectivity index (χ1n) is 8.34. The molecule has 3 aromatic carbocycles. The van der Waals surface area contributed by atoms with E-state index in [0.717, 1.165) is 16.3 Å². The zero-order valence-electron chi connectivity index (χ0n) is 14.0. The molecule has 0 saturated carbocycles. The molecule has 0 unspecified atom stereocenters. The maximum atomic E-state index is 13.7. The molecule has 0 aliphatic rings. The zero-order chi connectivity index (χ0) is 17.6. The number of para-hydroxylation sites is 1. The van der Waals surface area contributed by atoms with Crippen LogP contribution >= 0.6 is 0 Å². The van der Waals surface area contributed by atoms with Crippen LogP contribution in [-0.2, 0) is 11.3 Å². The monoisotopic (exact) mass is 337 g/mol. The van der Waals surface area contributed by atoms with Crippen LogP contribution in [0.3, 0.4) is 0 Å². The van der Waals surface area contributed by atoms with Crippen LogP contribution in [0.25, 0.3) is 10.8 Å². The summed E-state index contributed by atoms with van der Waals surface area (Å²) in [4.78, 5) is 12.4. The lowest BCUT2D eigenvalue weighted by molar-refractivity contribution is -0.128. The number of carbonyl (C=O) groups is 1. The van der Waals surface area contributed by atoms with Crippen LogP contribution in [0.2, 0.25) is 0 Å². The van der Waals surface area contributed by atoms with E-state index in [2.05, 4.69) is 5.32 Å². The zero-order valence-corrected chi connectivity index (χ0v) is 14.0. The van der Waals surface area contributed by atoms with Crippen LogP contribution in [0.4, 0.5) is 4.39 Å². The smallest absolute Gasteiger partial charge is 0.261 e. The van der Waals surface area contributed by atoms with Crippen molar-refractivity contribution in [2.75, 3.05) is 0 Å².